The van der Waals surface area contributed by atoms with Crippen molar-refractivity contribution < 1.29 is 9.59 Å². The van der Waals surface area contributed by atoms with Crippen LogP contribution in [0.5, 0.6) is 0 Å². The molecule has 7 heteroatoms. The molecule has 1 aliphatic heterocycles. The predicted molar refractivity (Wildman–Crippen MR) is 103 cm³/mol. The van der Waals surface area contributed by atoms with Crippen molar-refractivity contribution in [2.24, 2.45) is 0 Å². The molecule has 2 amide bonds. The molecule has 0 spiro atoms. The summed E-state index contributed by atoms with van der Waals surface area (Å²) in [5, 5.41) is 1.91. The summed E-state index contributed by atoms with van der Waals surface area (Å²) in [6.07, 6.45) is 1.10. The smallest absolute Gasteiger partial charge is 0.264 e. The summed E-state index contributed by atoms with van der Waals surface area (Å²) < 4.78 is 0. The van der Waals surface area contributed by atoms with Gasteiger partial charge in [-0.15, -0.1) is 23.7 Å². The fraction of sp³-hybridized carbons (Fsp3) is 0.333. The predicted octanol–water partition coefficient (Wildman–Crippen LogP) is 2.67. The van der Waals surface area contributed by atoms with E-state index in [9.17, 15) is 9.59 Å². The molecule has 25 heavy (non-hydrogen) atoms. The zero-order chi connectivity index (χ0) is 16.9. The number of nitrogens with two attached hydrogens (primary N) is 1. The van der Waals surface area contributed by atoms with Crippen LogP contribution in [0.3, 0.4) is 0 Å². The van der Waals surface area contributed by atoms with Crippen LogP contribution < -0.4 is 5.73 Å². The second-order valence-electron chi connectivity index (χ2n) is 5.85. The number of amides is 2. The largest absolute Gasteiger partial charge is 0.399 e. The van der Waals surface area contributed by atoms with Gasteiger partial charge in [0.2, 0.25) is 5.91 Å². The minimum atomic E-state index is 0. The topological polar surface area (TPSA) is 66.6 Å². The number of nitrogens with zero attached hydrogens (tertiary/aromatic N) is 2. The highest BCUT2D eigenvalue weighted by atomic mass is 35.5. The van der Waals surface area contributed by atoms with Gasteiger partial charge in [0.25, 0.3) is 5.91 Å². The van der Waals surface area contributed by atoms with Gasteiger partial charge in [0.05, 0.1) is 4.88 Å². The summed E-state index contributed by atoms with van der Waals surface area (Å²) in [4.78, 5) is 29.1. The molecule has 0 atom stereocenters. The Morgan fingerprint density at radius 2 is 1.68 bits per heavy atom. The number of para-hydroxylation sites is 1. The SMILES string of the molecule is Cl.Nc1ccccc1CCC(=O)N1CCN(C(=O)c2cccs2)CC1. The monoisotopic (exact) mass is 379 g/mol. The number of hydrogen-bond acceptors (Lipinski definition) is 4. The minimum absolute atomic E-state index is 0. The van der Waals surface area contributed by atoms with Gasteiger partial charge >= 0.3 is 0 Å². The Morgan fingerprint density at radius 3 is 2.32 bits per heavy atom. The molecule has 1 aromatic heterocycles. The van der Waals surface area contributed by atoms with Crippen LogP contribution in [0, 0.1) is 0 Å². The van der Waals surface area contributed by atoms with Gasteiger partial charge in [-0.2, -0.15) is 0 Å². The number of carbonyl (C=O) groups is 2. The number of hydrogen-bond donors (Lipinski definition) is 1. The molecule has 2 heterocycles. The first kappa shape index (κ1) is 19.3. The maximum atomic E-state index is 12.4. The summed E-state index contributed by atoms with van der Waals surface area (Å²) in [5.41, 5.74) is 7.66. The van der Waals surface area contributed by atoms with Crippen LogP contribution in [0.25, 0.3) is 0 Å². The van der Waals surface area contributed by atoms with Crippen molar-refractivity contribution in [2.45, 2.75) is 12.8 Å². The minimum Gasteiger partial charge on any atom is -0.399 e. The van der Waals surface area contributed by atoms with Crippen LogP contribution in [-0.2, 0) is 11.2 Å². The summed E-state index contributed by atoms with van der Waals surface area (Å²) in [6.45, 7) is 2.38. The van der Waals surface area contributed by atoms with E-state index in [1.165, 1.54) is 11.3 Å². The quantitative estimate of drug-likeness (QED) is 0.830. The van der Waals surface area contributed by atoms with E-state index in [0.717, 1.165) is 16.1 Å². The Bertz CT molecular complexity index is 713. The first-order valence-electron chi connectivity index (χ1n) is 8.09. The average molecular weight is 380 g/mol. The Kier molecular flexibility index (Phi) is 6.84. The first-order chi connectivity index (χ1) is 11.6. The number of benzene rings is 1. The number of piperazine rings is 1. The summed E-state index contributed by atoms with van der Waals surface area (Å²) in [6, 6.07) is 11.4. The fourth-order valence-corrected chi connectivity index (χ4v) is 3.57. The van der Waals surface area contributed by atoms with E-state index in [1.807, 2.05) is 51.6 Å². The standard InChI is InChI=1S/C18H21N3O2S.ClH/c19-15-5-2-1-4-14(15)7-8-17(22)20-9-11-21(12-10-20)18(23)16-6-3-13-24-16;/h1-6,13H,7-12,19H2;1H. The lowest BCUT2D eigenvalue weighted by Gasteiger charge is -2.34. The lowest BCUT2D eigenvalue weighted by Crippen LogP contribution is -2.50. The number of anilines is 1. The molecular weight excluding hydrogens is 358 g/mol. The number of thiophene rings is 1. The van der Waals surface area contributed by atoms with Crippen molar-refractivity contribution in [1.82, 2.24) is 9.80 Å². The van der Waals surface area contributed by atoms with E-state index < -0.39 is 0 Å². The van der Waals surface area contributed by atoms with E-state index in [4.69, 9.17) is 5.73 Å². The van der Waals surface area contributed by atoms with Crippen LogP contribution in [0.4, 0.5) is 5.69 Å². The molecule has 0 radical (unpaired) electrons. The molecule has 5 nitrogen and oxygen atoms in total. The third-order valence-electron chi connectivity index (χ3n) is 4.31. The molecule has 3 rings (SSSR count). The third kappa shape index (κ3) is 4.74. The second kappa shape index (κ2) is 8.87. The molecule has 1 aromatic carbocycles. The number of nitrogen functional groups attached to an aromatic ring is 1. The van der Waals surface area contributed by atoms with E-state index in [1.54, 1.807) is 0 Å². The number of rotatable bonds is 4. The van der Waals surface area contributed by atoms with E-state index >= 15 is 0 Å². The number of halogens is 1. The summed E-state index contributed by atoms with van der Waals surface area (Å²) >= 11 is 1.46. The van der Waals surface area contributed by atoms with Gasteiger partial charge in [0, 0.05) is 38.3 Å². The van der Waals surface area contributed by atoms with Crippen LogP contribution >= 0.6 is 23.7 Å². The molecule has 2 aromatic rings. The molecule has 2 N–H and O–H groups in total. The van der Waals surface area contributed by atoms with Gasteiger partial charge in [-0.05, 0) is 29.5 Å². The lowest BCUT2D eigenvalue weighted by atomic mass is 10.1. The van der Waals surface area contributed by atoms with Gasteiger partial charge in [-0.25, -0.2) is 0 Å². The molecule has 1 fully saturated rings. The molecule has 0 saturated carbocycles. The Hall–Kier alpha value is -2.05. The van der Waals surface area contributed by atoms with Crippen molar-refractivity contribution in [3.05, 3.63) is 52.2 Å². The average Bonchev–Trinajstić information content (AvgIpc) is 3.15. The molecule has 134 valence electrons. The Morgan fingerprint density at radius 1 is 1.00 bits per heavy atom. The normalized spacial score (nSPS) is 14.1. The molecule has 0 bridgehead atoms. The number of aryl methyl sites for hydroxylation is 1. The zero-order valence-corrected chi connectivity index (χ0v) is 15.5. The van der Waals surface area contributed by atoms with Gasteiger partial charge < -0.3 is 15.5 Å². The Labute approximate surface area is 157 Å². The molecule has 1 aliphatic rings. The third-order valence-corrected chi connectivity index (χ3v) is 5.17. The maximum absolute atomic E-state index is 12.4. The van der Waals surface area contributed by atoms with Gasteiger partial charge in [-0.3, -0.25) is 9.59 Å². The highest BCUT2D eigenvalue weighted by molar-refractivity contribution is 7.12. The van der Waals surface area contributed by atoms with Crippen molar-refractivity contribution in [1.29, 1.82) is 0 Å². The molecular formula is C18H22ClN3O2S. The van der Waals surface area contributed by atoms with Crippen molar-refractivity contribution >= 4 is 41.2 Å². The van der Waals surface area contributed by atoms with Crippen LogP contribution in [0.15, 0.2) is 41.8 Å². The van der Waals surface area contributed by atoms with Crippen LogP contribution in [0.2, 0.25) is 0 Å². The number of carbonyl (C=O) groups excluding carboxylic acids is 2. The van der Waals surface area contributed by atoms with E-state index in [2.05, 4.69) is 0 Å². The lowest BCUT2D eigenvalue weighted by molar-refractivity contribution is -0.132. The van der Waals surface area contributed by atoms with E-state index in [0.29, 0.717) is 39.0 Å². The fourth-order valence-electron chi connectivity index (χ4n) is 2.88. The summed E-state index contributed by atoms with van der Waals surface area (Å²) in [7, 11) is 0. The molecule has 1 saturated heterocycles. The van der Waals surface area contributed by atoms with Crippen molar-refractivity contribution in [2.75, 3.05) is 31.9 Å². The molecule has 0 unspecified atom stereocenters. The second-order valence-corrected chi connectivity index (χ2v) is 6.80. The van der Waals surface area contributed by atoms with Crippen LogP contribution in [0.1, 0.15) is 21.7 Å². The highest BCUT2D eigenvalue weighted by Gasteiger charge is 2.25. The maximum Gasteiger partial charge on any atom is 0.264 e. The van der Waals surface area contributed by atoms with E-state index in [-0.39, 0.29) is 24.2 Å². The first-order valence-corrected chi connectivity index (χ1v) is 8.97. The van der Waals surface area contributed by atoms with Gasteiger partial charge in [-0.1, -0.05) is 24.3 Å². The van der Waals surface area contributed by atoms with Crippen molar-refractivity contribution in [3.63, 3.8) is 0 Å². The molecule has 0 aliphatic carbocycles. The van der Waals surface area contributed by atoms with Gasteiger partial charge in [0.1, 0.15) is 0 Å². The summed E-state index contributed by atoms with van der Waals surface area (Å²) in [5.74, 6) is 0.190. The zero-order valence-electron chi connectivity index (χ0n) is 13.9. The van der Waals surface area contributed by atoms with Gasteiger partial charge in [0.15, 0.2) is 0 Å². The Balaban J connectivity index is 0.00000225. The van der Waals surface area contributed by atoms with Crippen molar-refractivity contribution in [3.8, 4) is 0 Å². The highest BCUT2D eigenvalue weighted by Crippen LogP contribution is 2.16. The van der Waals surface area contributed by atoms with Crippen LogP contribution in [-0.4, -0.2) is 47.8 Å².